The van der Waals surface area contributed by atoms with Crippen LogP contribution in [0, 0.1) is 0 Å². The molecule has 0 aliphatic heterocycles. The van der Waals surface area contributed by atoms with Crippen molar-refractivity contribution in [2.75, 3.05) is 0 Å². The van der Waals surface area contributed by atoms with Crippen LogP contribution in [0.25, 0.3) is 5.69 Å². The van der Waals surface area contributed by atoms with Crippen LogP contribution in [0.3, 0.4) is 0 Å². The van der Waals surface area contributed by atoms with E-state index in [2.05, 4.69) is 42.2 Å². The molecule has 6 heteroatoms. The molecule has 0 bridgehead atoms. The number of hydrogen-bond donors (Lipinski definition) is 1. The van der Waals surface area contributed by atoms with E-state index in [0.717, 1.165) is 5.56 Å². The third-order valence-corrected chi connectivity index (χ3v) is 6.68. The van der Waals surface area contributed by atoms with E-state index < -0.39 is 8.07 Å². The SMILES string of the molecule is C[C@@H](NC(=O)c1ccc(=O)n(-c2ccccc2)n1)c1cccc([Si](C)(C)C)c1. The molecule has 0 aliphatic carbocycles. The van der Waals surface area contributed by atoms with Crippen LogP contribution < -0.4 is 16.1 Å². The third-order valence-electron chi connectivity index (χ3n) is 4.63. The maximum absolute atomic E-state index is 12.7. The highest BCUT2D eigenvalue weighted by molar-refractivity contribution is 6.88. The molecule has 144 valence electrons. The van der Waals surface area contributed by atoms with Crippen LogP contribution >= 0.6 is 0 Å². The van der Waals surface area contributed by atoms with Gasteiger partial charge in [-0.1, -0.05) is 67.3 Å². The first-order valence-electron chi connectivity index (χ1n) is 9.33. The van der Waals surface area contributed by atoms with Gasteiger partial charge < -0.3 is 5.32 Å². The molecule has 0 unspecified atom stereocenters. The number of carbonyl (C=O) groups excluding carboxylic acids is 1. The average molecular weight is 392 g/mol. The summed E-state index contributed by atoms with van der Waals surface area (Å²) in [5.41, 5.74) is 1.61. The number of nitrogens with one attached hydrogen (secondary N) is 1. The lowest BCUT2D eigenvalue weighted by Crippen LogP contribution is -2.38. The number of nitrogens with zero attached hydrogens (tertiary/aromatic N) is 2. The van der Waals surface area contributed by atoms with Crippen molar-refractivity contribution in [2.45, 2.75) is 32.6 Å². The van der Waals surface area contributed by atoms with Crippen LogP contribution in [0.5, 0.6) is 0 Å². The number of carbonyl (C=O) groups is 1. The van der Waals surface area contributed by atoms with Crippen molar-refractivity contribution in [3.8, 4) is 5.69 Å². The van der Waals surface area contributed by atoms with E-state index in [0.29, 0.717) is 5.69 Å². The molecule has 0 fully saturated rings. The van der Waals surface area contributed by atoms with Gasteiger partial charge in [-0.2, -0.15) is 9.78 Å². The molecule has 0 saturated carbocycles. The molecule has 1 aromatic heterocycles. The molecule has 0 radical (unpaired) electrons. The molecule has 3 rings (SSSR count). The van der Waals surface area contributed by atoms with Gasteiger partial charge in [0.2, 0.25) is 0 Å². The maximum atomic E-state index is 12.7. The lowest BCUT2D eigenvalue weighted by atomic mass is 10.1. The highest BCUT2D eigenvalue weighted by Crippen LogP contribution is 2.14. The molecular weight excluding hydrogens is 366 g/mol. The fourth-order valence-electron chi connectivity index (χ4n) is 2.91. The van der Waals surface area contributed by atoms with Crippen LogP contribution in [-0.4, -0.2) is 23.8 Å². The summed E-state index contributed by atoms with van der Waals surface area (Å²) >= 11 is 0. The fourth-order valence-corrected chi connectivity index (χ4v) is 4.11. The molecule has 28 heavy (non-hydrogen) atoms. The first kappa shape index (κ1) is 19.8. The largest absolute Gasteiger partial charge is 0.344 e. The second-order valence-electron chi connectivity index (χ2n) is 7.87. The zero-order valence-electron chi connectivity index (χ0n) is 16.6. The van der Waals surface area contributed by atoms with Gasteiger partial charge >= 0.3 is 0 Å². The molecule has 1 N–H and O–H groups in total. The van der Waals surface area contributed by atoms with Crippen LogP contribution in [-0.2, 0) is 0 Å². The minimum atomic E-state index is -1.43. The summed E-state index contributed by atoms with van der Waals surface area (Å²) in [6, 6.07) is 20.1. The molecule has 2 aromatic carbocycles. The summed E-state index contributed by atoms with van der Waals surface area (Å²) in [6.07, 6.45) is 0. The monoisotopic (exact) mass is 391 g/mol. The van der Waals surface area contributed by atoms with Crippen molar-refractivity contribution < 1.29 is 4.79 Å². The van der Waals surface area contributed by atoms with Gasteiger partial charge in [-0.15, -0.1) is 0 Å². The molecule has 0 aliphatic rings. The van der Waals surface area contributed by atoms with Crippen molar-refractivity contribution in [2.24, 2.45) is 0 Å². The molecule has 0 spiro atoms. The van der Waals surface area contributed by atoms with Crippen LogP contribution in [0.4, 0.5) is 0 Å². The smallest absolute Gasteiger partial charge is 0.272 e. The van der Waals surface area contributed by atoms with E-state index in [1.54, 1.807) is 12.1 Å². The Labute approximate surface area is 166 Å². The molecule has 1 amide bonds. The second kappa shape index (κ2) is 7.94. The normalized spacial score (nSPS) is 12.4. The van der Waals surface area contributed by atoms with Gasteiger partial charge in [-0.3, -0.25) is 9.59 Å². The summed E-state index contributed by atoms with van der Waals surface area (Å²) < 4.78 is 1.24. The Morgan fingerprint density at radius 2 is 1.71 bits per heavy atom. The minimum Gasteiger partial charge on any atom is -0.344 e. The van der Waals surface area contributed by atoms with Crippen LogP contribution in [0.1, 0.15) is 29.0 Å². The van der Waals surface area contributed by atoms with Crippen LogP contribution in [0.2, 0.25) is 19.6 Å². The first-order chi connectivity index (χ1) is 13.3. The quantitative estimate of drug-likeness (QED) is 0.679. The van der Waals surface area contributed by atoms with E-state index >= 15 is 0 Å². The van der Waals surface area contributed by atoms with Crippen molar-refractivity contribution in [3.05, 3.63) is 88.3 Å². The predicted molar refractivity (Wildman–Crippen MR) is 115 cm³/mol. The molecular formula is C22H25N3O2Si. The van der Waals surface area contributed by atoms with E-state index in [1.807, 2.05) is 37.3 Å². The predicted octanol–water partition coefficient (Wildman–Crippen LogP) is 3.27. The van der Waals surface area contributed by atoms with Gasteiger partial charge in [0.15, 0.2) is 0 Å². The molecule has 5 nitrogen and oxygen atoms in total. The van der Waals surface area contributed by atoms with Crippen molar-refractivity contribution in [3.63, 3.8) is 0 Å². The first-order valence-corrected chi connectivity index (χ1v) is 12.8. The van der Waals surface area contributed by atoms with Gasteiger partial charge in [0.25, 0.3) is 11.5 Å². The van der Waals surface area contributed by atoms with E-state index in [-0.39, 0.29) is 23.2 Å². The average Bonchev–Trinajstić information content (AvgIpc) is 2.68. The van der Waals surface area contributed by atoms with Gasteiger partial charge in [0, 0.05) is 6.07 Å². The molecule has 1 heterocycles. The van der Waals surface area contributed by atoms with Gasteiger partial charge in [-0.05, 0) is 30.7 Å². The Morgan fingerprint density at radius 3 is 2.39 bits per heavy atom. The summed E-state index contributed by atoms with van der Waals surface area (Å²) in [6.45, 7) is 8.85. The lowest BCUT2D eigenvalue weighted by molar-refractivity contribution is 0.0933. The Balaban J connectivity index is 1.83. The van der Waals surface area contributed by atoms with Gasteiger partial charge in [0.05, 0.1) is 19.8 Å². The van der Waals surface area contributed by atoms with Crippen molar-refractivity contribution >= 4 is 19.2 Å². The number of aromatic nitrogens is 2. The van der Waals surface area contributed by atoms with Gasteiger partial charge in [-0.25, -0.2) is 0 Å². The highest BCUT2D eigenvalue weighted by Gasteiger charge is 2.19. The summed E-state index contributed by atoms with van der Waals surface area (Å²) in [4.78, 5) is 24.9. The molecule has 3 aromatic rings. The van der Waals surface area contributed by atoms with Gasteiger partial charge in [0.1, 0.15) is 5.69 Å². The third kappa shape index (κ3) is 4.46. The topological polar surface area (TPSA) is 64.0 Å². The number of para-hydroxylation sites is 1. The summed E-state index contributed by atoms with van der Waals surface area (Å²) in [5, 5.41) is 8.58. The number of amides is 1. The van der Waals surface area contributed by atoms with Crippen molar-refractivity contribution in [1.82, 2.24) is 15.1 Å². The van der Waals surface area contributed by atoms with E-state index in [1.165, 1.54) is 22.0 Å². The highest BCUT2D eigenvalue weighted by atomic mass is 28.3. The Hall–Kier alpha value is -2.99. The standard InChI is InChI=1S/C22H25N3O2Si/c1-16(17-9-8-12-19(15-17)28(2,3)4)23-22(27)20-13-14-21(26)25(24-20)18-10-6-5-7-11-18/h5-16H,1-4H3,(H,23,27)/t16-/m1/s1. The minimum absolute atomic E-state index is 0.164. The Bertz CT molecular complexity index is 1040. The summed E-state index contributed by atoms with van der Waals surface area (Å²) in [5.74, 6) is -0.310. The molecule has 0 saturated heterocycles. The second-order valence-corrected chi connectivity index (χ2v) is 13.0. The Morgan fingerprint density at radius 1 is 1.00 bits per heavy atom. The maximum Gasteiger partial charge on any atom is 0.272 e. The zero-order chi connectivity index (χ0) is 20.3. The number of rotatable bonds is 5. The Kier molecular flexibility index (Phi) is 5.60. The zero-order valence-corrected chi connectivity index (χ0v) is 17.6. The fraction of sp³-hybridized carbons (Fsp3) is 0.227. The van der Waals surface area contributed by atoms with Crippen molar-refractivity contribution in [1.29, 1.82) is 0 Å². The van der Waals surface area contributed by atoms with E-state index in [9.17, 15) is 9.59 Å². The lowest BCUT2D eigenvalue weighted by Gasteiger charge is -2.20. The van der Waals surface area contributed by atoms with Crippen LogP contribution in [0.15, 0.2) is 71.5 Å². The molecule has 1 atom stereocenters. The summed E-state index contributed by atoms with van der Waals surface area (Å²) in [7, 11) is -1.43. The van der Waals surface area contributed by atoms with E-state index in [4.69, 9.17) is 0 Å². The number of benzene rings is 2. The number of hydrogen-bond acceptors (Lipinski definition) is 3.